The van der Waals surface area contributed by atoms with Crippen molar-refractivity contribution in [3.8, 4) is 5.75 Å². The number of carbonyl (C=O) groups is 2. The first-order valence-electron chi connectivity index (χ1n) is 11.6. The first kappa shape index (κ1) is 22.1. The van der Waals surface area contributed by atoms with Gasteiger partial charge in [-0.2, -0.15) is 0 Å². The van der Waals surface area contributed by atoms with Gasteiger partial charge in [-0.1, -0.05) is 38.1 Å². The SMILES string of the molecule is CCCOc1ccc(C2=C(N3CCC(C)CC3)C(=O)N(c3cc(C)ccc3C)C2=O)cc1. The molecule has 0 N–H and O–H groups in total. The predicted molar refractivity (Wildman–Crippen MR) is 128 cm³/mol. The highest BCUT2D eigenvalue weighted by Crippen LogP contribution is 2.38. The molecule has 2 aliphatic rings. The molecule has 0 spiro atoms. The summed E-state index contributed by atoms with van der Waals surface area (Å²) in [6.07, 6.45) is 2.97. The molecule has 2 aliphatic heterocycles. The maximum atomic E-state index is 13.7. The number of amides is 2. The zero-order chi connectivity index (χ0) is 22.8. The Hall–Kier alpha value is -3.08. The van der Waals surface area contributed by atoms with Gasteiger partial charge in [0.05, 0.1) is 17.9 Å². The minimum absolute atomic E-state index is 0.223. The Balaban J connectivity index is 1.77. The first-order chi connectivity index (χ1) is 15.4. The summed E-state index contributed by atoms with van der Waals surface area (Å²) in [5.41, 5.74) is 4.38. The van der Waals surface area contributed by atoms with E-state index in [1.807, 2.05) is 56.3 Å². The highest BCUT2D eigenvalue weighted by Gasteiger charge is 2.43. The van der Waals surface area contributed by atoms with Crippen molar-refractivity contribution in [1.82, 2.24) is 4.90 Å². The van der Waals surface area contributed by atoms with Crippen molar-refractivity contribution < 1.29 is 14.3 Å². The van der Waals surface area contributed by atoms with Gasteiger partial charge in [0.25, 0.3) is 11.8 Å². The molecule has 32 heavy (non-hydrogen) atoms. The number of piperidine rings is 1. The number of aryl methyl sites for hydroxylation is 2. The molecule has 0 atom stereocenters. The van der Waals surface area contributed by atoms with Crippen molar-refractivity contribution in [1.29, 1.82) is 0 Å². The monoisotopic (exact) mass is 432 g/mol. The number of anilines is 1. The van der Waals surface area contributed by atoms with Crippen molar-refractivity contribution in [3.05, 3.63) is 64.9 Å². The number of benzene rings is 2. The average molecular weight is 433 g/mol. The van der Waals surface area contributed by atoms with Gasteiger partial charge in [0.1, 0.15) is 11.4 Å². The van der Waals surface area contributed by atoms with Gasteiger partial charge < -0.3 is 9.64 Å². The van der Waals surface area contributed by atoms with E-state index in [-0.39, 0.29) is 11.8 Å². The van der Waals surface area contributed by atoms with Crippen LogP contribution in [0.5, 0.6) is 5.75 Å². The van der Waals surface area contributed by atoms with E-state index in [2.05, 4.69) is 18.7 Å². The molecule has 0 aromatic heterocycles. The minimum Gasteiger partial charge on any atom is -0.494 e. The second-order valence-corrected chi connectivity index (χ2v) is 9.00. The molecule has 168 valence electrons. The fourth-order valence-corrected chi connectivity index (χ4v) is 4.42. The maximum absolute atomic E-state index is 13.7. The number of likely N-dealkylation sites (tertiary alicyclic amines) is 1. The van der Waals surface area contributed by atoms with Crippen molar-refractivity contribution in [2.24, 2.45) is 5.92 Å². The van der Waals surface area contributed by atoms with E-state index in [1.54, 1.807) is 0 Å². The summed E-state index contributed by atoms with van der Waals surface area (Å²) in [5, 5.41) is 0. The van der Waals surface area contributed by atoms with E-state index in [0.29, 0.717) is 29.5 Å². The van der Waals surface area contributed by atoms with Gasteiger partial charge in [0.2, 0.25) is 0 Å². The highest BCUT2D eigenvalue weighted by atomic mass is 16.5. The van der Waals surface area contributed by atoms with Crippen molar-refractivity contribution in [3.63, 3.8) is 0 Å². The molecule has 2 aromatic carbocycles. The van der Waals surface area contributed by atoms with Gasteiger partial charge >= 0.3 is 0 Å². The number of nitrogens with zero attached hydrogens (tertiary/aromatic N) is 2. The number of imide groups is 1. The normalized spacial score (nSPS) is 17.5. The Morgan fingerprint density at radius 1 is 0.969 bits per heavy atom. The quantitative estimate of drug-likeness (QED) is 0.596. The maximum Gasteiger partial charge on any atom is 0.282 e. The number of ether oxygens (including phenoxy) is 1. The number of rotatable bonds is 6. The lowest BCUT2D eigenvalue weighted by molar-refractivity contribution is -0.120. The zero-order valence-corrected chi connectivity index (χ0v) is 19.5. The van der Waals surface area contributed by atoms with Gasteiger partial charge in [-0.3, -0.25) is 9.59 Å². The standard InChI is InChI=1S/C27H32N2O3/c1-5-16-32-22-10-8-21(9-11-22)24-25(28-14-12-18(2)13-15-28)27(31)29(26(24)30)23-17-19(3)6-7-20(23)4/h6-11,17-18H,5,12-16H2,1-4H3. The molecule has 2 heterocycles. The molecule has 0 aliphatic carbocycles. The molecule has 0 bridgehead atoms. The van der Waals surface area contributed by atoms with Gasteiger partial charge in [0, 0.05) is 13.1 Å². The van der Waals surface area contributed by atoms with E-state index in [1.165, 1.54) is 4.90 Å². The van der Waals surface area contributed by atoms with Crippen LogP contribution in [0.15, 0.2) is 48.2 Å². The van der Waals surface area contributed by atoms with Crippen LogP contribution in [0.4, 0.5) is 5.69 Å². The van der Waals surface area contributed by atoms with Crippen LogP contribution in [0.3, 0.4) is 0 Å². The lowest BCUT2D eigenvalue weighted by Gasteiger charge is -2.32. The Labute approximate surface area is 190 Å². The molecule has 5 heteroatoms. The number of hydrogen-bond acceptors (Lipinski definition) is 4. The van der Waals surface area contributed by atoms with E-state index in [0.717, 1.165) is 54.8 Å². The van der Waals surface area contributed by atoms with Crippen LogP contribution in [-0.4, -0.2) is 36.4 Å². The summed E-state index contributed by atoms with van der Waals surface area (Å²) in [5.74, 6) is 0.930. The molecular weight excluding hydrogens is 400 g/mol. The molecule has 0 radical (unpaired) electrons. The summed E-state index contributed by atoms with van der Waals surface area (Å²) in [4.78, 5) is 31.0. The summed E-state index contributed by atoms with van der Waals surface area (Å²) in [7, 11) is 0. The molecule has 0 unspecified atom stereocenters. The minimum atomic E-state index is -0.250. The molecule has 2 aromatic rings. The fraction of sp³-hybridized carbons (Fsp3) is 0.407. The van der Waals surface area contributed by atoms with Crippen LogP contribution < -0.4 is 9.64 Å². The second kappa shape index (κ2) is 9.19. The Bertz CT molecular complexity index is 1050. The molecule has 1 saturated heterocycles. The molecule has 5 nitrogen and oxygen atoms in total. The van der Waals surface area contributed by atoms with Crippen LogP contribution in [0.25, 0.3) is 5.57 Å². The van der Waals surface area contributed by atoms with Crippen molar-refractivity contribution in [2.45, 2.75) is 47.0 Å². The first-order valence-corrected chi connectivity index (χ1v) is 11.6. The lowest BCUT2D eigenvalue weighted by Crippen LogP contribution is -2.38. The molecule has 4 rings (SSSR count). The third kappa shape index (κ3) is 4.16. The number of carbonyl (C=O) groups excluding carboxylic acids is 2. The van der Waals surface area contributed by atoms with Crippen LogP contribution in [-0.2, 0) is 9.59 Å². The van der Waals surface area contributed by atoms with Crippen LogP contribution in [0, 0.1) is 19.8 Å². The predicted octanol–water partition coefficient (Wildman–Crippen LogP) is 5.11. The van der Waals surface area contributed by atoms with Crippen molar-refractivity contribution >= 4 is 23.1 Å². The van der Waals surface area contributed by atoms with Gasteiger partial charge in [-0.25, -0.2) is 4.90 Å². The Morgan fingerprint density at radius 3 is 2.31 bits per heavy atom. The van der Waals surface area contributed by atoms with Crippen LogP contribution in [0.1, 0.15) is 49.8 Å². The summed E-state index contributed by atoms with van der Waals surface area (Å²) in [6, 6.07) is 13.4. The van der Waals surface area contributed by atoms with E-state index < -0.39 is 0 Å². The topological polar surface area (TPSA) is 49.9 Å². The third-order valence-electron chi connectivity index (χ3n) is 6.38. The van der Waals surface area contributed by atoms with Gasteiger partial charge in [-0.05, 0) is 73.9 Å². The number of hydrogen-bond donors (Lipinski definition) is 0. The molecule has 2 amide bonds. The second-order valence-electron chi connectivity index (χ2n) is 9.00. The van der Waals surface area contributed by atoms with E-state index in [4.69, 9.17) is 4.74 Å². The van der Waals surface area contributed by atoms with Gasteiger partial charge in [-0.15, -0.1) is 0 Å². The smallest absolute Gasteiger partial charge is 0.282 e. The van der Waals surface area contributed by atoms with Crippen LogP contribution >= 0.6 is 0 Å². The summed E-state index contributed by atoms with van der Waals surface area (Å²) in [6.45, 7) is 10.5. The molecular formula is C27H32N2O3. The lowest BCUT2D eigenvalue weighted by atomic mass is 9.97. The van der Waals surface area contributed by atoms with E-state index in [9.17, 15) is 9.59 Å². The molecule has 1 fully saturated rings. The summed E-state index contributed by atoms with van der Waals surface area (Å²) >= 11 is 0. The van der Waals surface area contributed by atoms with E-state index >= 15 is 0 Å². The Kier molecular flexibility index (Phi) is 6.35. The largest absolute Gasteiger partial charge is 0.494 e. The average Bonchev–Trinajstić information content (AvgIpc) is 3.05. The zero-order valence-electron chi connectivity index (χ0n) is 19.5. The molecule has 0 saturated carbocycles. The Morgan fingerprint density at radius 2 is 1.66 bits per heavy atom. The van der Waals surface area contributed by atoms with Gasteiger partial charge in [0.15, 0.2) is 0 Å². The highest BCUT2D eigenvalue weighted by molar-refractivity contribution is 6.45. The van der Waals surface area contributed by atoms with Crippen molar-refractivity contribution in [2.75, 3.05) is 24.6 Å². The third-order valence-corrected chi connectivity index (χ3v) is 6.38. The summed E-state index contributed by atoms with van der Waals surface area (Å²) < 4.78 is 5.71. The fourth-order valence-electron chi connectivity index (χ4n) is 4.42. The van der Waals surface area contributed by atoms with Crippen LogP contribution in [0.2, 0.25) is 0 Å².